The van der Waals surface area contributed by atoms with E-state index in [9.17, 15) is 9.59 Å². The Morgan fingerprint density at radius 2 is 2.32 bits per heavy atom. The first kappa shape index (κ1) is 12.9. The molecule has 2 heterocycles. The average molecular weight is 258 g/mol. The summed E-state index contributed by atoms with van der Waals surface area (Å²) in [5.41, 5.74) is 2.00. The Kier molecular flexibility index (Phi) is 3.70. The molecule has 0 bridgehead atoms. The van der Waals surface area contributed by atoms with Crippen LogP contribution in [0.1, 0.15) is 28.5 Å². The summed E-state index contributed by atoms with van der Waals surface area (Å²) in [6, 6.07) is 3.65. The predicted molar refractivity (Wildman–Crippen MR) is 69.0 cm³/mol. The molecular weight excluding hydrogens is 244 g/mol. The van der Waals surface area contributed by atoms with Crippen molar-refractivity contribution in [3.8, 4) is 5.82 Å². The minimum atomic E-state index is -0.111. The van der Waals surface area contributed by atoms with Crippen molar-refractivity contribution in [2.75, 3.05) is 0 Å². The second-order valence-electron chi connectivity index (χ2n) is 4.13. The first-order valence-electron chi connectivity index (χ1n) is 5.82. The third kappa shape index (κ3) is 2.85. The van der Waals surface area contributed by atoms with Crippen LogP contribution in [-0.4, -0.2) is 27.0 Å². The number of carbonyl (C=O) groups is 2. The standard InChI is InChI=1S/C13H14N4O2/c1-9-12(8-18)7-17(16-9)13-11(4-3-5-14-13)6-15-10(2)19/h3-5,7-8H,6H2,1-2H3,(H,15,19). The van der Waals surface area contributed by atoms with Gasteiger partial charge in [0.2, 0.25) is 5.91 Å². The zero-order valence-corrected chi connectivity index (χ0v) is 10.8. The second kappa shape index (κ2) is 5.43. The van der Waals surface area contributed by atoms with Crippen molar-refractivity contribution in [1.82, 2.24) is 20.1 Å². The lowest BCUT2D eigenvalue weighted by Gasteiger charge is -2.08. The largest absolute Gasteiger partial charge is 0.352 e. The van der Waals surface area contributed by atoms with Gasteiger partial charge in [-0.2, -0.15) is 5.10 Å². The zero-order valence-electron chi connectivity index (χ0n) is 10.8. The molecule has 0 saturated carbocycles. The number of nitrogens with one attached hydrogen (secondary N) is 1. The molecule has 2 rings (SSSR count). The van der Waals surface area contributed by atoms with Crippen LogP contribution in [0.15, 0.2) is 24.5 Å². The van der Waals surface area contributed by atoms with E-state index in [4.69, 9.17) is 0 Å². The highest BCUT2D eigenvalue weighted by Crippen LogP contribution is 2.13. The summed E-state index contributed by atoms with van der Waals surface area (Å²) in [5, 5.41) is 6.97. The fraction of sp³-hybridized carbons (Fsp3) is 0.231. The molecule has 0 aliphatic heterocycles. The Hall–Kier alpha value is -2.50. The highest BCUT2D eigenvalue weighted by molar-refractivity contribution is 5.76. The maximum atomic E-state index is 11.0. The van der Waals surface area contributed by atoms with Crippen LogP contribution in [0.4, 0.5) is 0 Å². The Morgan fingerprint density at radius 3 is 2.95 bits per heavy atom. The average Bonchev–Trinajstić information content (AvgIpc) is 2.78. The SMILES string of the molecule is CC(=O)NCc1cccnc1-n1cc(C=O)c(C)n1. The summed E-state index contributed by atoms with van der Waals surface area (Å²) in [7, 11) is 0. The quantitative estimate of drug-likeness (QED) is 0.831. The maximum absolute atomic E-state index is 11.0. The number of rotatable bonds is 4. The monoisotopic (exact) mass is 258 g/mol. The number of amides is 1. The molecule has 2 aromatic rings. The van der Waals surface area contributed by atoms with Crippen molar-refractivity contribution in [3.05, 3.63) is 41.3 Å². The van der Waals surface area contributed by atoms with E-state index in [1.54, 1.807) is 30.1 Å². The van der Waals surface area contributed by atoms with Gasteiger partial charge in [0.1, 0.15) is 0 Å². The molecule has 0 unspecified atom stereocenters. The van der Waals surface area contributed by atoms with Gasteiger partial charge in [0, 0.05) is 31.4 Å². The van der Waals surface area contributed by atoms with Crippen LogP contribution in [-0.2, 0) is 11.3 Å². The minimum absolute atomic E-state index is 0.111. The van der Waals surface area contributed by atoms with Crippen LogP contribution in [0.3, 0.4) is 0 Å². The number of aldehydes is 1. The van der Waals surface area contributed by atoms with Crippen molar-refractivity contribution in [3.63, 3.8) is 0 Å². The van der Waals surface area contributed by atoms with Crippen molar-refractivity contribution in [2.45, 2.75) is 20.4 Å². The Balaban J connectivity index is 2.37. The van der Waals surface area contributed by atoms with Crippen LogP contribution in [0, 0.1) is 6.92 Å². The first-order valence-corrected chi connectivity index (χ1v) is 5.82. The molecule has 0 aliphatic carbocycles. The summed E-state index contributed by atoms with van der Waals surface area (Å²) in [4.78, 5) is 26.1. The first-order chi connectivity index (χ1) is 9.11. The molecule has 6 nitrogen and oxygen atoms in total. The Bertz CT molecular complexity index is 619. The number of aromatic nitrogens is 3. The number of hydrogen-bond donors (Lipinski definition) is 1. The van der Waals surface area contributed by atoms with Gasteiger partial charge in [0.15, 0.2) is 12.1 Å². The van der Waals surface area contributed by atoms with Gasteiger partial charge in [0.25, 0.3) is 0 Å². The highest BCUT2D eigenvalue weighted by atomic mass is 16.1. The molecule has 0 fully saturated rings. The number of aryl methyl sites for hydroxylation is 1. The van der Waals surface area contributed by atoms with E-state index in [1.807, 2.05) is 6.07 Å². The van der Waals surface area contributed by atoms with Crippen LogP contribution >= 0.6 is 0 Å². The van der Waals surface area contributed by atoms with Gasteiger partial charge in [-0.15, -0.1) is 0 Å². The molecule has 98 valence electrons. The van der Waals surface area contributed by atoms with Gasteiger partial charge < -0.3 is 5.32 Å². The molecule has 0 atom stereocenters. The molecule has 6 heteroatoms. The van der Waals surface area contributed by atoms with Gasteiger partial charge in [-0.1, -0.05) is 6.07 Å². The highest BCUT2D eigenvalue weighted by Gasteiger charge is 2.10. The summed E-state index contributed by atoms with van der Waals surface area (Å²) >= 11 is 0. The van der Waals surface area contributed by atoms with E-state index < -0.39 is 0 Å². The third-order valence-electron chi connectivity index (χ3n) is 2.68. The third-order valence-corrected chi connectivity index (χ3v) is 2.68. The number of pyridine rings is 1. The van der Waals surface area contributed by atoms with Gasteiger partial charge in [-0.25, -0.2) is 9.67 Å². The molecule has 0 aromatic carbocycles. The Morgan fingerprint density at radius 1 is 1.53 bits per heavy atom. The molecule has 1 amide bonds. The van der Waals surface area contributed by atoms with Gasteiger partial charge in [-0.05, 0) is 13.0 Å². The van der Waals surface area contributed by atoms with E-state index in [2.05, 4.69) is 15.4 Å². The predicted octanol–water partition coefficient (Wildman–Crippen LogP) is 1.02. The van der Waals surface area contributed by atoms with Crippen molar-refractivity contribution in [1.29, 1.82) is 0 Å². The molecule has 1 N–H and O–H groups in total. The van der Waals surface area contributed by atoms with E-state index in [-0.39, 0.29) is 5.91 Å². The smallest absolute Gasteiger partial charge is 0.217 e. The molecule has 0 aliphatic rings. The fourth-order valence-electron chi connectivity index (χ4n) is 1.69. The van der Waals surface area contributed by atoms with Crippen molar-refractivity contribution >= 4 is 12.2 Å². The molecule has 0 spiro atoms. The minimum Gasteiger partial charge on any atom is -0.352 e. The van der Waals surface area contributed by atoms with E-state index in [0.29, 0.717) is 23.6 Å². The zero-order chi connectivity index (χ0) is 13.8. The summed E-state index contributed by atoms with van der Waals surface area (Å²) in [5.74, 6) is 0.493. The summed E-state index contributed by atoms with van der Waals surface area (Å²) in [6.45, 7) is 3.59. The summed E-state index contributed by atoms with van der Waals surface area (Å²) in [6.07, 6.45) is 4.03. The van der Waals surface area contributed by atoms with Gasteiger partial charge >= 0.3 is 0 Å². The summed E-state index contributed by atoms with van der Waals surface area (Å²) < 4.78 is 1.55. The topological polar surface area (TPSA) is 76.9 Å². The van der Waals surface area contributed by atoms with Crippen molar-refractivity contribution in [2.24, 2.45) is 0 Å². The second-order valence-corrected chi connectivity index (χ2v) is 4.13. The Labute approximate surface area is 110 Å². The number of nitrogens with zero attached hydrogens (tertiary/aromatic N) is 3. The van der Waals surface area contributed by atoms with E-state index in [1.165, 1.54) is 6.92 Å². The van der Waals surface area contributed by atoms with Crippen LogP contribution < -0.4 is 5.32 Å². The number of carbonyl (C=O) groups excluding carboxylic acids is 2. The fourth-order valence-corrected chi connectivity index (χ4v) is 1.69. The molecule has 0 saturated heterocycles. The normalized spacial score (nSPS) is 10.2. The van der Waals surface area contributed by atoms with E-state index >= 15 is 0 Å². The van der Waals surface area contributed by atoms with Crippen LogP contribution in [0.2, 0.25) is 0 Å². The molecule has 0 radical (unpaired) electrons. The van der Waals surface area contributed by atoms with Crippen LogP contribution in [0.25, 0.3) is 5.82 Å². The lowest BCUT2D eigenvalue weighted by molar-refractivity contribution is -0.119. The molecule has 2 aromatic heterocycles. The number of hydrogen-bond acceptors (Lipinski definition) is 4. The lowest BCUT2D eigenvalue weighted by atomic mass is 10.2. The van der Waals surface area contributed by atoms with Gasteiger partial charge in [0.05, 0.1) is 11.3 Å². The molecular formula is C13H14N4O2. The van der Waals surface area contributed by atoms with Crippen molar-refractivity contribution < 1.29 is 9.59 Å². The van der Waals surface area contributed by atoms with Crippen LogP contribution in [0.5, 0.6) is 0 Å². The lowest BCUT2D eigenvalue weighted by Crippen LogP contribution is -2.20. The van der Waals surface area contributed by atoms with Gasteiger partial charge in [-0.3, -0.25) is 9.59 Å². The maximum Gasteiger partial charge on any atom is 0.217 e. The molecule has 19 heavy (non-hydrogen) atoms. The van der Waals surface area contributed by atoms with E-state index in [0.717, 1.165) is 11.8 Å².